The van der Waals surface area contributed by atoms with Gasteiger partial charge in [-0.05, 0) is 42.0 Å². The molecule has 2 N–H and O–H groups in total. The van der Waals surface area contributed by atoms with E-state index in [1.54, 1.807) is 12.1 Å². The van der Waals surface area contributed by atoms with E-state index in [2.05, 4.69) is 5.32 Å². The molecule has 2 amide bonds. The number of carbonyl (C=O) groups excluding carboxylic acids is 2. The summed E-state index contributed by atoms with van der Waals surface area (Å²) in [5, 5.41) is 11.9. The normalized spacial score (nSPS) is 17.2. The first-order chi connectivity index (χ1) is 12.0. The Bertz CT molecular complexity index is 818. The lowest BCUT2D eigenvalue weighted by Gasteiger charge is -2.15. The number of halogens is 1. The van der Waals surface area contributed by atoms with Gasteiger partial charge in [-0.1, -0.05) is 12.1 Å². The smallest absolute Gasteiger partial charge is 0.335 e. The topological polar surface area (TPSA) is 86.7 Å². The summed E-state index contributed by atoms with van der Waals surface area (Å²) >= 11 is 0. The molecule has 0 aromatic heterocycles. The molecule has 3 rings (SSSR count). The number of benzene rings is 2. The number of hydrogen-bond donors (Lipinski definition) is 2. The fourth-order valence-corrected chi connectivity index (χ4v) is 2.66. The summed E-state index contributed by atoms with van der Waals surface area (Å²) < 4.78 is 13.0. The van der Waals surface area contributed by atoms with Gasteiger partial charge in [0.15, 0.2) is 0 Å². The van der Waals surface area contributed by atoms with E-state index in [1.807, 2.05) is 0 Å². The number of imide groups is 1. The predicted molar refractivity (Wildman–Crippen MR) is 87.5 cm³/mol. The van der Waals surface area contributed by atoms with E-state index in [-0.39, 0.29) is 17.9 Å². The number of nitrogens with zero attached hydrogens (tertiary/aromatic N) is 1. The lowest BCUT2D eigenvalue weighted by Crippen LogP contribution is -2.38. The molecule has 128 valence electrons. The number of nitrogens with one attached hydrogen (secondary N) is 1. The number of anilines is 1. The molecule has 0 bridgehead atoms. The predicted octanol–water partition coefficient (Wildman–Crippen LogP) is 1.95. The maximum Gasteiger partial charge on any atom is 0.335 e. The van der Waals surface area contributed by atoms with Crippen molar-refractivity contribution in [1.29, 1.82) is 0 Å². The molecule has 1 heterocycles. The molecule has 1 aliphatic heterocycles. The third-order valence-electron chi connectivity index (χ3n) is 3.98. The number of aromatic carboxylic acids is 1. The number of carbonyl (C=O) groups is 3. The van der Waals surface area contributed by atoms with E-state index in [0.29, 0.717) is 12.2 Å². The fraction of sp³-hybridized carbons (Fsp3) is 0.167. The standard InChI is InChI=1S/C18H15FN2O4/c19-13-5-7-14(8-6-13)21-16(22)9-15(17(21)23)20-10-11-1-3-12(4-2-11)18(24)25/h1-8,15,20H,9-10H2,(H,24,25). The highest BCUT2D eigenvalue weighted by atomic mass is 19.1. The van der Waals surface area contributed by atoms with Crippen LogP contribution in [-0.4, -0.2) is 28.9 Å². The molecule has 1 unspecified atom stereocenters. The van der Waals surface area contributed by atoms with E-state index in [0.717, 1.165) is 10.5 Å². The second-order valence-corrected chi connectivity index (χ2v) is 5.68. The Morgan fingerprint density at radius 2 is 1.76 bits per heavy atom. The third-order valence-corrected chi connectivity index (χ3v) is 3.98. The highest BCUT2D eigenvalue weighted by molar-refractivity contribution is 6.22. The Balaban J connectivity index is 1.66. The van der Waals surface area contributed by atoms with Crippen LogP contribution in [0.5, 0.6) is 0 Å². The summed E-state index contributed by atoms with van der Waals surface area (Å²) in [7, 11) is 0. The van der Waals surface area contributed by atoms with Crippen molar-refractivity contribution >= 4 is 23.5 Å². The van der Waals surface area contributed by atoms with Crippen molar-refractivity contribution in [2.45, 2.75) is 19.0 Å². The zero-order chi connectivity index (χ0) is 18.0. The van der Waals surface area contributed by atoms with E-state index in [9.17, 15) is 18.8 Å². The molecule has 0 aliphatic carbocycles. The van der Waals surface area contributed by atoms with Gasteiger partial charge < -0.3 is 10.4 Å². The Hall–Kier alpha value is -3.06. The molecule has 6 nitrogen and oxygen atoms in total. The monoisotopic (exact) mass is 342 g/mol. The first kappa shape index (κ1) is 16.8. The quantitative estimate of drug-likeness (QED) is 0.811. The summed E-state index contributed by atoms with van der Waals surface area (Å²) in [6.45, 7) is 0.320. The number of carboxylic acid groups (broad SMARTS) is 1. The van der Waals surface area contributed by atoms with Crippen molar-refractivity contribution in [3.05, 3.63) is 65.5 Å². The fourth-order valence-electron chi connectivity index (χ4n) is 2.66. The minimum atomic E-state index is -1.01. The largest absolute Gasteiger partial charge is 0.478 e. The zero-order valence-corrected chi connectivity index (χ0v) is 13.1. The lowest BCUT2D eigenvalue weighted by atomic mass is 10.1. The number of carboxylic acids is 1. The molecule has 2 aromatic rings. The second kappa shape index (κ2) is 6.82. The van der Waals surface area contributed by atoms with E-state index >= 15 is 0 Å². The van der Waals surface area contributed by atoms with Gasteiger partial charge in [0.25, 0.3) is 5.91 Å². The Morgan fingerprint density at radius 1 is 1.12 bits per heavy atom. The van der Waals surface area contributed by atoms with Crippen molar-refractivity contribution in [3.8, 4) is 0 Å². The molecule has 1 atom stereocenters. The number of amides is 2. The van der Waals surface area contributed by atoms with Gasteiger partial charge in [0, 0.05) is 6.54 Å². The summed E-state index contributed by atoms with van der Waals surface area (Å²) in [6, 6.07) is 10.7. The van der Waals surface area contributed by atoms with Crippen LogP contribution in [0.1, 0.15) is 22.3 Å². The molecule has 2 aromatic carbocycles. The Morgan fingerprint density at radius 3 is 2.36 bits per heavy atom. The van der Waals surface area contributed by atoms with E-state index < -0.39 is 23.7 Å². The van der Waals surface area contributed by atoms with Gasteiger partial charge in [-0.25, -0.2) is 14.1 Å². The number of rotatable bonds is 5. The highest BCUT2D eigenvalue weighted by Crippen LogP contribution is 2.23. The maximum absolute atomic E-state index is 13.0. The average Bonchev–Trinajstić information content (AvgIpc) is 2.88. The van der Waals surface area contributed by atoms with Crippen LogP contribution in [0.25, 0.3) is 0 Å². The summed E-state index contributed by atoms with van der Waals surface area (Å²) in [5.41, 5.74) is 1.32. The first-order valence-electron chi connectivity index (χ1n) is 7.63. The van der Waals surface area contributed by atoms with Crippen LogP contribution in [0.2, 0.25) is 0 Å². The van der Waals surface area contributed by atoms with Gasteiger partial charge in [-0.15, -0.1) is 0 Å². The van der Waals surface area contributed by atoms with E-state index in [1.165, 1.54) is 36.4 Å². The van der Waals surface area contributed by atoms with Crippen molar-refractivity contribution in [2.24, 2.45) is 0 Å². The van der Waals surface area contributed by atoms with Crippen LogP contribution in [0, 0.1) is 5.82 Å². The summed E-state index contributed by atoms with van der Waals surface area (Å²) in [4.78, 5) is 36.4. The molecular weight excluding hydrogens is 327 g/mol. The molecule has 1 aliphatic rings. The highest BCUT2D eigenvalue weighted by Gasteiger charge is 2.39. The minimum Gasteiger partial charge on any atom is -0.478 e. The van der Waals surface area contributed by atoms with Crippen molar-refractivity contribution < 1.29 is 23.9 Å². The van der Waals surface area contributed by atoms with Gasteiger partial charge in [0.05, 0.1) is 23.7 Å². The van der Waals surface area contributed by atoms with Gasteiger partial charge in [-0.3, -0.25) is 9.59 Å². The van der Waals surface area contributed by atoms with E-state index in [4.69, 9.17) is 5.11 Å². The second-order valence-electron chi connectivity index (χ2n) is 5.68. The molecule has 7 heteroatoms. The van der Waals surface area contributed by atoms with Gasteiger partial charge in [0.2, 0.25) is 5.91 Å². The van der Waals surface area contributed by atoms with Crippen molar-refractivity contribution in [1.82, 2.24) is 5.32 Å². The van der Waals surface area contributed by atoms with Crippen LogP contribution >= 0.6 is 0 Å². The van der Waals surface area contributed by atoms with Crippen LogP contribution in [0.3, 0.4) is 0 Å². The molecule has 0 saturated carbocycles. The molecule has 25 heavy (non-hydrogen) atoms. The molecular formula is C18H15FN2O4. The third kappa shape index (κ3) is 3.56. The molecule has 0 radical (unpaired) electrons. The molecule has 0 spiro atoms. The van der Waals surface area contributed by atoms with Gasteiger partial charge in [-0.2, -0.15) is 0 Å². The minimum absolute atomic E-state index is 0.0173. The molecule has 1 fully saturated rings. The number of hydrogen-bond acceptors (Lipinski definition) is 4. The van der Waals surface area contributed by atoms with Crippen LogP contribution in [0.4, 0.5) is 10.1 Å². The van der Waals surface area contributed by atoms with Gasteiger partial charge in [0.1, 0.15) is 5.82 Å². The van der Waals surface area contributed by atoms with Crippen molar-refractivity contribution in [2.75, 3.05) is 4.90 Å². The first-order valence-corrected chi connectivity index (χ1v) is 7.63. The van der Waals surface area contributed by atoms with Gasteiger partial charge >= 0.3 is 5.97 Å². The molecule has 1 saturated heterocycles. The van der Waals surface area contributed by atoms with Crippen LogP contribution < -0.4 is 10.2 Å². The van der Waals surface area contributed by atoms with Crippen LogP contribution in [-0.2, 0) is 16.1 Å². The maximum atomic E-state index is 13.0. The van der Waals surface area contributed by atoms with Crippen molar-refractivity contribution in [3.63, 3.8) is 0 Å². The Kier molecular flexibility index (Phi) is 4.58. The summed E-state index contributed by atoms with van der Waals surface area (Å²) in [6.07, 6.45) is 0.0173. The van der Waals surface area contributed by atoms with Crippen LogP contribution in [0.15, 0.2) is 48.5 Å². The SMILES string of the molecule is O=C(O)c1ccc(CNC2CC(=O)N(c3ccc(F)cc3)C2=O)cc1. The zero-order valence-electron chi connectivity index (χ0n) is 13.1. The Labute approximate surface area is 142 Å². The summed E-state index contributed by atoms with van der Waals surface area (Å²) in [5.74, 6) is -2.19. The lowest BCUT2D eigenvalue weighted by molar-refractivity contribution is -0.121. The average molecular weight is 342 g/mol.